The van der Waals surface area contributed by atoms with E-state index in [1.807, 2.05) is 29.2 Å². The molecule has 5 nitrogen and oxygen atoms in total. The van der Waals surface area contributed by atoms with Crippen molar-refractivity contribution in [1.29, 1.82) is 0 Å². The molecule has 0 aromatic heterocycles. The predicted molar refractivity (Wildman–Crippen MR) is 71.2 cm³/mol. The van der Waals surface area contributed by atoms with Crippen LogP contribution in [0.3, 0.4) is 0 Å². The van der Waals surface area contributed by atoms with Crippen molar-refractivity contribution in [3.8, 4) is 11.5 Å². The number of hydrogen-bond donors (Lipinski definition) is 1. The number of ether oxygens (including phenoxy) is 3. The van der Waals surface area contributed by atoms with Gasteiger partial charge in [-0.25, -0.2) is 0 Å². The van der Waals surface area contributed by atoms with Gasteiger partial charge in [-0.05, 0) is 18.7 Å². The van der Waals surface area contributed by atoms with Crippen molar-refractivity contribution in [3.05, 3.63) is 36.7 Å². The minimum atomic E-state index is -0.182. The van der Waals surface area contributed by atoms with Crippen LogP contribution in [0.25, 0.3) is 0 Å². The van der Waals surface area contributed by atoms with E-state index in [1.165, 1.54) is 0 Å². The van der Waals surface area contributed by atoms with Gasteiger partial charge in [-0.15, -0.1) is 0 Å². The molecule has 0 aliphatic carbocycles. The summed E-state index contributed by atoms with van der Waals surface area (Å²) in [6.45, 7) is 5.61. The molecule has 5 heteroatoms. The van der Waals surface area contributed by atoms with Crippen LogP contribution in [0.15, 0.2) is 36.7 Å². The van der Waals surface area contributed by atoms with Crippen molar-refractivity contribution >= 4 is 0 Å². The summed E-state index contributed by atoms with van der Waals surface area (Å²) in [6.07, 6.45) is -0.182. The van der Waals surface area contributed by atoms with Crippen molar-refractivity contribution < 1.29 is 19.3 Å². The molecule has 0 bridgehead atoms. The number of benzene rings is 1. The molecular formula is C14H19NO4. The van der Waals surface area contributed by atoms with Crippen molar-refractivity contribution in [2.75, 3.05) is 33.4 Å². The second-order valence-corrected chi connectivity index (χ2v) is 4.26. The van der Waals surface area contributed by atoms with Crippen molar-refractivity contribution in [2.45, 2.75) is 6.10 Å². The summed E-state index contributed by atoms with van der Waals surface area (Å²) < 4.78 is 16.3. The Morgan fingerprint density at radius 2 is 2.16 bits per heavy atom. The minimum Gasteiger partial charge on any atom is -0.493 e. The fraction of sp³-hybridized carbons (Fsp3) is 0.429. The van der Waals surface area contributed by atoms with E-state index in [9.17, 15) is 0 Å². The first-order chi connectivity index (χ1) is 9.24. The van der Waals surface area contributed by atoms with E-state index in [0.717, 1.165) is 5.75 Å². The van der Waals surface area contributed by atoms with Gasteiger partial charge in [0.15, 0.2) is 17.4 Å². The average Bonchev–Trinajstić information content (AvgIpc) is 2.80. The number of aliphatic hydroxyl groups excluding tert-OH is 1. The molecule has 0 amide bonds. The lowest BCUT2D eigenvalue weighted by Crippen LogP contribution is -2.27. The molecule has 1 N–H and O–H groups in total. The number of rotatable bonds is 6. The topological polar surface area (TPSA) is 51.2 Å². The van der Waals surface area contributed by atoms with Gasteiger partial charge in [0, 0.05) is 0 Å². The maximum absolute atomic E-state index is 9.03. The van der Waals surface area contributed by atoms with Crippen LogP contribution >= 0.6 is 0 Å². The van der Waals surface area contributed by atoms with Crippen LogP contribution in [0.1, 0.15) is 0 Å². The molecule has 1 saturated heterocycles. The molecule has 1 aliphatic heterocycles. The molecule has 104 valence electrons. The fourth-order valence-electron chi connectivity index (χ4n) is 1.97. The molecule has 1 aromatic carbocycles. The lowest BCUT2D eigenvalue weighted by Gasteiger charge is -2.17. The van der Waals surface area contributed by atoms with Gasteiger partial charge in [-0.2, -0.15) is 0 Å². The summed E-state index contributed by atoms with van der Waals surface area (Å²) >= 11 is 0. The maximum atomic E-state index is 9.03. The fourth-order valence-corrected chi connectivity index (χ4v) is 1.97. The summed E-state index contributed by atoms with van der Waals surface area (Å²) in [5.41, 5.74) is 0. The number of aliphatic hydroxyl groups is 1. The van der Waals surface area contributed by atoms with Crippen LogP contribution in [0.4, 0.5) is 0 Å². The Bertz CT molecular complexity index is 435. The average molecular weight is 265 g/mol. The molecule has 0 saturated carbocycles. The zero-order chi connectivity index (χ0) is 13.7. The summed E-state index contributed by atoms with van der Waals surface area (Å²) in [6, 6.07) is 7.52. The van der Waals surface area contributed by atoms with Crippen LogP contribution in [-0.2, 0) is 4.74 Å². The molecule has 2 rings (SSSR count). The van der Waals surface area contributed by atoms with Crippen molar-refractivity contribution in [3.63, 3.8) is 0 Å². The first-order valence-electron chi connectivity index (χ1n) is 6.21. The number of nitrogens with zero attached hydrogens (tertiary/aromatic N) is 1. The van der Waals surface area contributed by atoms with Gasteiger partial charge in [-0.3, -0.25) is 0 Å². The summed E-state index contributed by atoms with van der Waals surface area (Å²) in [5, 5.41) is 9.03. The van der Waals surface area contributed by atoms with Crippen LogP contribution in [-0.4, -0.2) is 49.5 Å². The first-order valence-corrected chi connectivity index (χ1v) is 6.21. The van der Waals surface area contributed by atoms with E-state index in [0.29, 0.717) is 31.3 Å². The second kappa shape index (κ2) is 6.33. The summed E-state index contributed by atoms with van der Waals surface area (Å²) in [5.74, 6) is 2.02. The largest absolute Gasteiger partial charge is 0.493 e. The number of hydrogen-bond acceptors (Lipinski definition) is 5. The van der Waals surface area contributed by atoms with Gasteiger partial charge in [0.1, 0.15) is 12.7 Å². The molecular weight excluding hydrogens is 246 g/mol. The lowest BCUT2D eigenvalue weighted by molar-refractivity contribution is 0.0972. The smallest absolute Gasteiger partial charge is 0.182 e. The Labute approximate surface area is 113 Å². The third-order valence-electron chi connectivity index (χ3n) is 2.97. The maximum Gasteiger partial charge on any atom is 0.182 e. The van der Waals surface area contributed by atoms with Gasteiger partial charge in [0.25, 0.3) is 0 Å². The Morgan fingerprint density at radius 1 is 1.42 bits per heavy atom. The molecule has 1 aliphatic rings. The van der Waals surface area contributed by atoms with E-state index >= 15 is 0 Å². The molecule has 1 fully saturated rings. The van der Waals surface area contributed by atoms with Crippen LogP contribution in [0.2, 0.25) is 0 Å². The highest BCUT2D eigenvalue weighted by atomic mass is 16.5. The van der Waals surface area contributed by atoms with E-state index in [4.69, 9.17) is 19.3 Å². The van der Waals surface area contributed by atoms with Gasteiger partial charge < -0.3 is 24.2 Å². The van der Waals surface area contributed by atoms with Crippen molar-refractivity contribution in [1.82, 2.24) is 4.90 Å². The van der Waals surface area contributed by atoms with Gasteiger partial charge in [-0.1, -0.05) is 12.1 Å². The normalized spacial score (nSPS) is 18.3. The van der Waals surface area contributed by atoms with Gasteiger partial charge in [0.05, 0.1) is 26.8 Å². The summed E-state index contributed by atoms with van der Waals surface area (Å²) in [7, 11) is 1.62. The van der Waals surface area contributed by atoms with Crippen LogP contribution in [0.5, 0.6) is 11.5 Å². The molecule has 19 heavy (non-hydrogen) atoms. The SMILES string of the molecule is C=C1OC(CO)CN1CCOc1ccccc1OC. The zero-order valence-electron chi connectivity index (χ0n) is 11.0. The third kappa shape index (κ3) is 3.32. The molecule has 1 aromatic rings. The highest BCUT2D eigenvalue weighted by Gasteiger charge is 2.25. The highest BCUT2D eigenvalue weighted by molar-refractivity contribution is 5.39. The molecule has 0 radical (unpaired) electrons. The summed E-state index contributed by atoms with van der Waals surface area (Å²) in [4.78, 5) is 1.95. The number of para-hydroxylation sites is 2. The van der Waals surface area contributed by atoms with Crippen molar-refractivity contribution in [2.24, 2.45) is 0 Å². The standard InChI is InChI=1S/C14H19NO4/c1-11-15(9-12(10-16)19-11)7-8-18-14-6-4-3-5-13(14)17-2/h3-6,12,16H,1,7-10H2,2H3. The monoisotopic (exact) mass is 265 g/mol. The minimum absolute atomic E-state index is 0.00286. The predicted octanol–water partition coefficient (Wildman–Crippen LogP) is 1.24. The highest BCUT2D eigenvalue weighted by Crippen LogP contribution is 2.26. The molecule has 0 spiro atoms. The quantitative estimate of drug-likeness (QED) is 0.838. The molecule has 1 unspecified atom stereocenters. The second-order valence-electron chi connectivity index (χ2n) is 4.26. The first kappa shape index (κ1) is 13.5. The van der Waals surface area contributed by atoms with E-state index < -0.39 is 0 Å². The Balaban J connectivity index is 1.82. The van der Waals surface area contributed by atoms with Crippen LogP contribution < -0.4 is 9.47 Å². The molecule has 1 heterocycles. The third-order valence-corrected chi connectivity index (χ3v) is 2.97. The lowest BCUT2D eigenvalue weighted by atomic mass is 10.3. The van der Waals surface area contributed by atoms with Gasteiger partial charge >= 0.3 is 0 Å². The van der Waals surface area contributed by atoms with E-state index in [2.05, 4.69) is 6.58 Å². The zero-order valence-corrected chi connectivity index (χ0v) is 11.0. The van der Waals surface area contributed by atoms with Crippen LogP contribution in [0, 0.1) is 0 Å². The van der Waals surface area contributed by atoms with E-state index in [1.54, 1.807) is 7.11 Å². The number of methoxy groups -OCH3 is 1. The van der Waals surface area contributed by atoms with E-state index in [-0.39, 0.29) is 12.7 Å². The Kier molecular flexibility index (Phi) is 4.52. The molecule has 1 atom stereocenters. The Hall–Kier alpha value is -1.88. The Morgan fingerprint density at radius 3 is 2.79 bits per heavy atom. The van der Waals surface area contributed by atoms with Gasteiger partial charge in [0.2, 0.25) is 0 Å².